The predicted octanol–water partition coefficient (Wildman–Crippen LogP) is 4.71. The van der Waals surface area contributed by atoms with Crippen LogP contribution in [0.1, 0.15) is 37.8 Å². The second kappa shape index (κ2) is 4.13. The molecule has 1 aliphatic rings. The van der Waals surface area contributed by atoms with Crippen molar-refractivity contribution < 1.29 is 0 Å². The molecule has 0 saturated heterocycles. The minimum absolute atomic E-state index is 0.438. The summed E-state index contributed by atoms with van der Waals surface area (Å²) < 4.78 is 0. The second-order valence-electron chi connectivity index (χ2n) is 4.62. The average Bonchev–Trinajstić information content (AvgIpc) is 2.55. The number of rotatable bonds is 2. The fourth-order valence-electron chi connectivity index (χ4n) is 2.12. The Labute approximate surface area is 98.0 Å². The van der Waals surface area contributed by atoms with Crippen LogP contribution in [0.3, 0.4) is 0 Å². The van der Waals surface area contributed by atoms with Gasteiger partial charge in [-0.05, 0) is 31.9 Å². The Morgan fingerprint density at radius 1 is 1.25 bits per heavy atom. The van der Waals surface area contributed by atoms with Crippen molar-refractivity contribution in [1.82, 2.24) is 0 Å². The van der Waals surface area contributed by atoms with E-state index in [9.17, 15) is 0 Å². The van der Waals surface area contributed by atoms with Crippen molar-refractivity contribution in [2.75, 3.05) is 0 Å². The van der Waals surface area contributed by atoms with E-state index in [4.69, 9.17) is 0 Å². The molecule has 1 atom stereocenters. The molecule has 0 amide bonds. The molecule has 0 heterocycles. The molecule has 0 aliphatic heterocycles. The Balaban J connectivity index is 2.41. The van der Waals surface area contributed by atoms with Crippen molar-refractivity contribution >= 4 is 6.08 Å². The molecule has 0 heteroatoms. The molecule has 0 saturated carbocycles. The highest BCUT2D eigenvalue weighted by Crippen LogP contribution is 2.37. The molecule has 1 aromatic carbocycles. The summed E-state index contributed by atoms with van der Waals surface area (Å²) in [6, 6.07) is 8.61. The fourth-order valence-corrected chi connectivity index (χ4v) is 2.12. The molecule has 0 spiro atoms. The first-order chi connectivity index (χ1) is 7.59. The maximum Gasteiger partial charge on any atom is 0.0240 e. The number of fused-ring (bicyclic) bond motifs is 1. The third-order valence-corrected chi connectivity index (χ3v) is 3.29. The normalized spacial score (nSPS) is 19.3. The van der Waals surface area contributed by atoms with Gasteiger partial charge >= 0.3 is 0 Å². The van der Waals surface area contributed by atoms with Crippen molar-refractivity contribution in [2.45, 2.75) is 26.7 Å². The number of hydrogen-bond donors (Lipinski definition) is 0. The first-order valence-corrected chi connectivity index (χ1v) is 5.71. The van der Waals surface area contributed by atoms with Gasteiger partial charge in [-0.25, -0.2) is 0 Å². The highest BCUT2D eigenvalue weighted by molar-refractivity contribution is 5.67. The lowest BCUT2D eigenvalue weighted by atomic mass is 9.93. The smallest absolute Gasteiger partial charge is 0.0240 e. The van der Waals surface area contributed by atoms with Crippen LogP contribution in [-0.4, -0.2) is 0 Å². The van der Waals surface area contributed by atoms with Crippen molar-refractivity contribution in [3.05, 3.63) is 64.8 Å². The predicted molar refractivity (Wildman–Crippen MR) is 71.4 cm³/mol. The molecule has 16 heavy (non-hydrogen) atoms. The number of hydrogen-bond acceptors (Lipinski definition) is 0. The Kier molecular flexibility index (Phi) is 2.82. The monoisotopic (exact) mass is 210 g/mol. The zero-order chi connectivity index (χ0) is 11.7. The molecule has 0 nitrogen and oxygen atoms in total. The lowest BCUT2D eigenvalue weighted by Gasteiger charge is -2.11. The highest BCUT2D eigenvalue weighted by atomic mass is 14.2. The van der Waals surface area contributed by atoms with Crippen LogP contribution >= 0.6 is 0 Å². The van der Waals surface area contributed by atoms with Gasteiger partial charge in [-0.15, -0.1) is 0 Å². The third kappa shape index (κ3) is 1.88. The molecule has 0 N–H and O–H groups in total. The quantitative estimate of drug-likeness (QED) is 0.620. The molecular weight excluding hydrogens is 192 g/mol. The summed E-state index contributed by atoms with van der Waals surface area (Å²) in [6.45, 7) is 10.4. The Hall–Kier alpha value is -1.56. The first kappa shape index (κ1) is 10.9. The van der Waals surface area contributed by atoms with Crippen molar-refractivity contribution in [2.24, 2.45) is 0 Å². The molecule has 0 aromatic heterocycles. The number of allylic oxidation sites excluding steroid dienone is 4. The zero-order valence-electron chi connectivity index (χ0n) is 10.2. The van der Waals surface area contributed by atoms with Gasteiger partial charge in [0.25, 0.3) is 0 Å². The lowest BCUT2D eigenvalue weighted by molar-refractivity contribution is 1.01. The summed E-state index contributed by atoms with van der Waals surface area (Å²) in [7, 11) is 0. The molecule has 1 aliphatic carbocycles. The lowest BCUT2D eigenvalue weighted by Crippen LogP contribution is -1.94. The molecule has 0 radical (unpaired) electrons. The Bertz CT molecular complexity index is 487. The molecule has 1 aromatic rings. The van der Waals surface area contributed by atoms with Crippen LogP contribution in [0.4, 0.5) is 0 Å². The average molecular weight is 210 g/mol. The van der Waals surface area contributed by atoms with E-state index in [0.29, 0.717) is 5.92 Å². The number of benzene rings is 1. The van der Waals surface area contributed by atoms with Crippen LogP contribution in [0.5, 0.6) is 0 Å². The molecule has 0 fully saturated rings. The second-order valence-corrected chi connectivity index (χ2v) is 4.62. The summed E-state index contributed by atoms with van der Waals surface area (Å²) in [4.78, 5) is 0. The topological polar surface area (TPSA) is 0 Å². The Morgan fingerprint density at radius 2 is 1.94 bits per heavy atom. The fraction of sp³-hybridized carbons (Fsp3) is 0.250. The van der Waals surface area contributed by atoms with E-state index in [-0.39, 0.29) is 0 Å². The van der Waals surface area contributed by atoms with Crippen molar-refractivity contribution in [3.8, 4) is 0 Å². The third-order valence-electron chi connectivity index (χ3n) is 3.29. The Morgan fingerprint density at radius 3 is 2.62 bits per heavy atom. The van der Waals surface area contributed by atoms with E-state index in [1.807, 2.05) is 0 Å². The summed E-state index contributed by atoms with van der Waals surface area (Å²) >= 11 is 0. The maximum atomic E-state index is 3.99. The molecule has 0 bridgehead atoms. The van der Waals surface area contributed by atoms with Crippen LogP contribution in [0.25, 0.3) is 6.08 Å². The standard InChI is InChI=1S/C16H18/c1-11(2)12(3)10-16-13(4)9-14-7-5-6-8-15(14)16/h5-10,16H,1H2,2-4H3. The van der Waals surface area contributed by atoms with Crippen LogP contribution in [0.15, 0.2) is 53.6 Å². The van der Waals surface area contributed by atoms with Crippen LogP contribution in [-0.2, 0) is 0 Å². The van der Waals surface area contributed by atoms with Gasteiger partial charge < -0.3 is 0 Å². The van der Waals surface area contributed by atoms with Gasteiger partial charge in [0.1, 0.15) is 0 Å². The SMILES string of the molecule is C=C(C)C(C)=CC1C(C)=Cc2ccccc21. The van der Waals surface area contributed by atoms with E-state index < -0.39 is 0 Å². The molecular formula is C16H18. The van der Waals surface area contributed by atoms with Crippen LogP contribution in [0, 0.1) is 0 Å². The van der Waals surface area contributed by atoms with Gasteiger partial charge in [-0.3, -0.25) is 0 Å². The van der Waals surface area contributed by atoms with Gasteiger partial charge in [0.2, 0.25) is 0 Å². The zero-order valence-corrected chi connectivity index (χ0v) is 10.2. The van der Waals surface area contributed by atoms with Crippen LogP contribution < -0.4 is 0 Å². The molecule has 2 rings (SSSR count). The van der Waals surface area contributed by atoms with E-state index in [1.165, 1.54) is 22.3 Å². The van der Waals surface area contributed by atoms with Crippen molar-refractivity contribution in [1.29, 1.82) is 0 Å². The summed E-state index contributed by atoms with van der Waals surface area (Å²) in [6.07, 6.45) is 4.60. The van der Waals surface area contributed by atoms with Gasteiger partial charge in [-0.2, -0.15) is 0 Å². The van der Waals surface area contributed by atoms with Crippen molar-refractivity contribution in [3.63, 3.8) is 0 Å². The largest absolute Gasteiger partial charge is 0.0959 e. The summed E-state index contributed by atoms with van der Waals surface area (Å²) in [5.74, 6) is 0.438. The minimum Gasteiger partial charge on any atom is -0.0959 e. The van der Waals surface area contributed by atoms with Gasteiger partial charge in [0.05, 0.1) is 0 Å². The van der Waals surface area contributed by atoms with E-state index in [1.54, 1.807) is 0 Å². The maximum absolute atomic E-state index is 3.99. The van der Waals surface area contributed by atoms with E-state index in [2.05, 4.69) is 63.8 Å². The van der Waals surface area contributed by atoms with E-state index in [0.717, 1.165) is 5.57 Å². The van der Waals surface area contributed by atoms with Gasteiger partial charge in [0.15, 0.2) is 0 Å². The first-order valence-electron chi connectivity index (χ1n) is 5.71. The summed E-state index contributed by atoms with van der Waals surface area (Å²) in [5.41, 5.74) is 6.63. The molecule has 82 valence electrons. The van der Waals surface area contributed by atoms with Crippen LogP contribution in [0.2, 0.25) is 0 Å². The highest BCUT2D eigenvalue weighted by Gasteiger charge is 2.19. The van der Waals surface area contributed by atoms with Gasteiger partial charge in [0, 0.05) is 5.92 Å². The summed E-state index contributed by atoms with van der Waals surface area (Å²) in [5, 5.41) is 0. The van der Waals surface area contributed by atoms with Gasteiger partial charge in [-0.1, -0.05) is 59.7 Å². The minimum atomic E-state index is 0.438. The molecule has 1 unspecified atom stereocenters. The van der Waals surface area contributed by atoms with E-state index >= 15 is 0 Å².